The summed E-state index contributed by atoms with van der Waals surface area (Å²) in [6.07, 6.45) is 2.18. The Balaban J connectivity index is 1.75. The van der Waals surface area contributed by atoms with E-state index in [0.717, 1.165) is 12.8 Å². The van der Waals surface area contributed by atoms with Gasteiger partial charge in [-0.1, -0.05) is 13.3 Å². The second-order valence-electron chi connectivity index (χ2n) is 7.54. The van der Waals surface area contributed by atoms with E-state index in [1.54, 1.807) is 32.1 Å². The van der Waals surface area contributed by atoms with Crippen LogP contribution < -0.4 is 5.32 Å². The number of aryl methyl sites for hydroxylation is 1. The Morgan fingerprint density at radius 1 is 1.30 bits per heavy atom. The molecule has 7 nitrogen and oxygen atoms in total. The third-order valence-electron chi connectivity index (χ3n) is 5.44. The van der Waals surface area contributed by atoms with E-state index in [1.165, 1.54) is 10.4 Å². The maximum absolute atomic E-state index is 13.2. The third-order valence-corrected chi connectivity index (χ3v) is 6.47. The quantitative estimate of drug-likeness (QED) is 0.658. The first-order valence-corrected chi connectivity index (χ1v) is 11.3. The van der Waals surface area contributed by atoms with Crippen molar-refractivity contribution in [3.8, 4) is 0 Å². The molecular formula is C22H29N3O4S. The minimum Gasteiger partial charge on any atom is -0.462 e. The molecule has 0 saturated carbocycles. The number of nitrogens with one attached hydrogen (secondary N) is 2. The molecule has 0 saturated heterocycles. The Bertz CT molecular complexity index is 946. The molecular weight excluding hydrogens is 402 g/mol. The summed E-state index contributed by atoms with van der Waals surface area (Å²) in [6, 6.07) is 1.46. The molecule has 3 heterocycles. The second-order valence-corrected chi connectivity index (χ2v) is 8.54. The number of amides is 2. The van der Waals surface area contributed by atoms with E-state index >= 15 is 0 Å². The number of esters is 1. The first-order chi connectivity index (χ1) is 14.4. The standard InChI is InChI=1S/C22H29N3O4S/c1-5-7-16(21(27)25-10-8-17-15(12-25)9-11-30-17)24-20(26)19-13(3)18(14(4)23-19)22(28)29-6-2/h9,11,16,23H,5-8,10,12H2,1-4H3,(H,24,26). The molecule has 0 aliphatic carbocycles. The van der Waals surface area contributed by atoms with E-state index in [9.17, 15) is 14.4 Å². The van der Waals surface area contributed by atoms with Gasteiger partial charge < -0.3 is 19.9 Å². The van der Waals surface area contributed by atoms with E-state index in [-0.39, 0.29) is 18.4 Å². The van der Waals surface area contributed by atoms with Crippen molar-refractivity contribution < 1.29 is 19.1 Å². The molecule has 2 aromatic heterocycles. The molecule has 2 aromatic rings. The number of carbonyl (C=O) groups excluding carboxylic acids is 3. The van der Waals surface area contributed by atoms with Gasteiger partial charge in [0.2, 0.25) is 5.91 Å². The number of H-pyrrole nitrogens is 1. The van der Waals surface area contributed by atoms with Gasteiger partial charge in [-0.05, 0) is 56.2 Å². The van der Waals surface area contributed by atoms with Gasteiger partial charge in [0.25, 0.3) is 5.91 Å². The highest BCUT2D eigenvalue weighted by atomic mass is 32.1. The van der Waals surface area contributed by atoms with Crippen molar-refractivity contribution in [2.45, 2.75) is 59.5 Å². The lowest BCUT2D eigenvalue weighted by Gasteiger charge is -2.30. The number of nitrogens with zero attached hydrogens (tertiary/aromatic N) is 1. The van der Waals surface area contributed by atoms with Gasteiger partial charge in [0.15, 0.2) is 0 Å². The van der Waals surface area contributed by atoms with Gasteiger partial charge in [-0.15, -0.1) is 11.3 Å². The van der Waals surface area contributed by atoms with E-state index < -0.39 is 12.0 Å². The molecule has 8 heteroatoms. The summed E-state index contributed by atoms with van der Waals surface area (Å²) in [7, 11) is 0. The molecule has 0 aromatic carbocycles. The summed E-state index contributed by atoms with van der Waals surface area (Å²) in [6.45, 7) is 8.68. The van der Waals surface area contributed by atoms with Crippen molar-refractivity contribution >= 4 is 29.1 Å². The van der Waals surface area contributed by atoms with Crippen LogP contribution in [0.3, 0.4) is 0 Å². The summed E-state index contributed by atoms with van der Waals surface area (Å²) < 4.78 is 5.09. The number of ether oxygens (including phenoxy) is 1. The molecule has 0 radical (unpaired) electrons. The van der Waals surface area contributed by atoms with Crippen LogP contribution in [0.5, 0.6) is 0 Å². The molecule has 1 aliphatic rings. The Hall–Kier alpha value is -2.61. The monoisotopic (exact) mass is 431 g/mol. The van der Waals surface area contributed by atoms with Crippen LogP contribution in [0.2, 0.25) is 0 Å². The van der Waals surface area contributed by atoms with Gasteiger partial charge in [0, 0.05) is 23.7 Å². The molecule has 0 spiro atoms. The Labute approximate surface area is 180 Å². The number of fused-ring (bicyclic) bond motifs is 1. The fourth-order valence-corrected chi connectivity index (χ4v) is 4.81. The number of hydrogen-bond acceptors (Lipinski definition) is 5. The zero-order valence-corrected chi connectivity index (χ0v) is 18.8. The first kappa shape index (κ1) is 22.1. The van der Waals surface area contributed by atoms with Crippen LogP contribution in [0.4, 0.5) is 0 Å². The van der Waals surface area contributed by atoms with Crippen molar-refractivity contribution in [2.24, 2.45) is 0 Å². The van der Waals surface area contributed by atoms with Crippen LogP contribution >= 0.6 is 11.3 Å². The Kier molecular flexibility index (Phi) is 6.97. The van der Waals surface area contributed by atoms with E-state index in [2.05, 4.69) is 21.7 Å². The predicted molar refractivity (Wildman–Crippen MR) is 116 cm³/mol. The van der Waals surface area contributed by atoms with Crippen LogP contribution in [-0.2, 0) is 22.5 Å². The number of carbonyl (C=O) groups is 3. The van der Waals surface area contributed by atoms with Gasteiger partial charge in [0.1, 0.15) is 11.7 Å². The lowest BCUT2D eigenvalue weighted by atomic mass is 10.1. The summed E-state index contributed by atoms with van der Waals surface area (Å²) in [4.78, 5) is 44.5. The van der Waals surface area contributed by atoms with E-state index in [1.807, 2.05) is 11.8 Å². The molecule has 0 fully saturated rings. The fraction of sp³-hybridized carbons (Fsp3) is 0.500. The number of aromatic amines is 1. The van der Waals surface area contributed by atoms with Gasteiger partial charge in [-0.2, -0.15) is 0 Å². The lowest BCUT2D eigenvalue weighted by Crippen LogP contribution is -2.49. The average molecular weight is 432 g/mol. The summed E-state index contributed by atoms with van der Waals surface area (Å²) in [5.74, 6) is -0.899. The summed E-state index contributed by atoms with van der Waals surface area (Å²) >= 11 is 1.73. The number of hydrogen-bond donors (Lipinski definition) is 2. The topological polar surface area (TPSA) is 91.5 Å². The minimum atomic E-state index is -0.600. The molecule has 1 aliphatic heterocycles. The maximum atomic E-state index is 13.2. The molecule has 1 atom stereocenters. The van der Waals surface area contributed by atoms with E-state index in [0.29, 0.717) is 42.0 Å². The van der Waals surface area contributed by atoms with Crippen LogP contribution in [0.25, 0.3) is 0 Å². The summed E-state index contributed by atoms with van der Waals surface area (Å²) in [5, 5.41) is 4.95. The van der Waals surface area contributed by atoms with Gasteiger partial charge in [-0.3, -0.25) is 9.59 Å². The molecule has 2 amide bonds. The number of aromatic nitrogens is 1. The van der Waals surface area contributed by atoms with Gasteiger partial charge >= 0.3 is 5.97 Å². The highest BCUT2D eigenvalue weighted by molar-refractivity contribution is 7.10. The molecule has 2 N–H and O–H groups in total. The van der Waals surface area contributed by atoms with Crippen molar-refractivity contribution in [1.82, 2.24) is 15.2 Å². The zero-order chi connectivity index (χ0) is 21.8. The van der Waals surface area contributed by atoms with Crippen molar-refractivity contribution in [1.29, 1.82) is 0 Å². The van der Waals surface area contributed by atoms with Crippen LogP contribution in [-0.4, -0.2) is 46.9 Å². The number of rotatable bonds is 7. The van der Waals surface area contributed by atoms with Gasteiger partial charge in [-0.25, -0.2) is 4.79 Å². The largest absolute Gasteiger partial charge is 0.462 e. The zero-order valence-electron chi connectivity index (χ0n) is 18.0. The molecule has 30 heavy (non-hydrogen) atoms. The van der Waals surface area contributed by atoms with Gasteiger partial charge in [0.05, 0.1) is 12.2 Å². The molecule has 3 rings (SSSR count). The Morgan fingerprint density at radius 3 is 2.77 bits per heavy atom. The number of thiophene rings is 1. The van der Waals surface area contributed by atoms with Crippen LogP contribution in [0.1, 0.15) is 69.2 Å². The van der Waals surface area contributed by atoms with Crippen LogP contribution in [0.15, 0.2) is 11.4 Å². The van der Waals surface area contributed by atoms with E-state index in [4.69, 9.17) is 4.74 Å². The van der Waals surface area contributed by atoms with Crippen molar-refractivity contribution in [3.05, 3.63) is 44.4 Å². The highest BCUT2D eigenvalue weighted by Crippen LogP contribution is 2.25. The smallest absolute Gasteiger partial charge is 0.340 e. The summed E-state index contributed by atoms with van der Waals surface area (Å²) in [5.41, 5.74) is 2.98. The van der Waals surface area contributed by atoms with Crippen molar-refractivity contribution in [3.63, 3.8) is 0 Å². The third kappa shape index (κ3) is 4.43. The SMILES string of the molecule is CCCC(NC(=O)c1[nH]c(C)c(C(=O)OCC)c1C)C(=O)N1CCc2sccc2C1. The fourth-order valence-electron chi connectivity index (χ4n) is 3.92. The van der Waals surface area contributed by atoms with Crippen LogP contribution in [0, 0.1) is 13.8 Å². The maximum Gasteiger partial charge on any atom is 0.340 e. The molecule has 0 bridgehead atoms. The Morgan fingerprint density at radius 2 is 2.07 bits per heavy atom. The molecule has 1 unspecified atom stereocenters. The minimum absolute atomic E-state index is 0.0615. The predicted octanol–water partition coefficient (Wildman–Crippen LogP) is 3.35. The first-order valence-electron chi connectivity index (χ1n) is 10.4. The normalized spacial score (nSPS) is 14.2. The van der Waals surface area contributed by atoms with Crippen molar-refractivity contribution in [2.75, 3.05) is 13.2 Å². The molecule has 162 valence electrons. The average Bonchev–Trinajstić information content (AvgIpc) is 3.30. The second kappa shape index (κ2) is 9.47. The highest BCUT2D eigenvalue weighted by Gasteiger charge is 2.30. The lowest BCUT2D eigenvalue weighted by molar-refractivity contribution is -0.134.